The van der Waals surface area contributed by atoms with E-state index in [1.54, 1.807) is 7.11 Å². The largest absolute Gasteiger partial charge is 0.380 e. The van der Waals surface area contributed by atoms with Gasteiger partial charge in [-0.2, -0.15) is 0 Å². The summed E-state index contributed by atoms with van der Waals surface area (Å²) < 4.78 is 5.71. The minimum atomic E-state index is 0.110. The van der Waals surface area contributed by atoms with E-state index < -0.39 is 0 Å². The first-order valence-electron chi connectivity index (χ1n) is 6.39. The predicted molar refractivity (Wildman–Crippen MR) is 66.1 cm³/mol. The van der Waals surface area contributed by atoms with Crippen molar-refractivity contribution in [2.45, 2.75) is 43.6 Å². The van der Waals surface area contributed by atoms with Crippen molar-refractivity contribution in [1.82, 2.24) is 0 Å². The normalized spacial score (nSPS) is 26.2. The molecule has 2 aliphatic carbocycles. The summed E-state index contributed by atoms with van der Waals surface area (Å²) in [5, 5.41) is 0. The molecule has 1 fully saturated rings. The van der Waals surface area contributed by atoms with Crippen LogP contribution >= 0.6 is 0 Å². The van der Waals surface area contributed by atoms with E-state index in [0.29, 0.717) is 18.6 Å². The summed E-state index contributed by atoms with van der Waals surface area (Å²) in [6.07, 6.45) is 4.61. The molecule has 3 rings (SSSR count). The van der Waals surface area contributed by atoms with Crippen molar-refractivity contribution < 1.29 is 9.53 Å². The summed E-state index contributed by atoms with van der Waals surface area (Å²) in [5.74, 6) is 0.412. The average molecular weight is 230 g/mol. The van der Waals surface area contributed by atoms with Gasteiger partial charge < -0.3 is 4.74 Å². The number of carbonyl (C=O) groups excluding carboxylic acids is 1. The first kappa shape index (κ1) is 11.0. The van der Waals surface area contributed by atoms with Gasteiger partial charge in [0.25, 0.3) is 0 Å². The van der Waals surface area contributed by atoms with E-state index in [1.807, 2.05) is 0 Å². The van der Waals surface area contributed by atoms with Crippen LogP contribution in [-0.4, -0.2) is 19.0 Å². The Labute approximate surface area is 102 Å². The van der Waals surface area contributed by atoms with Crippen LogP contribution in [0.3, 0.4) is 0 Å². The molecule has 1 aromatic rings. The van der Waals surface area contributed by atoms with Crippen molar-refractivity contribution in [2.75, 3.05) is 7.11 Å². The lowest BCUT2D eigenvalue weighted by molar-refractivity contribution is -0.122. The smallest absolute Gasteiger partial charge is 0.132 e. The quantitative estimate of drug-likeness (QED) is 0.741. The highest BCUT2D eigenvalue weighted by Gasteiger charge is 2.48. The molecule has 0 amide bonds. The van der Waals surface area contributed by atoms with E-state index in [2.05, 4.69) is 24.3 Å². The summed E-state index contributed by atoms with van der Waals surface area (Å²) in [7, 11) is 1.80. The van der Waals surface area contributed by atoms with Crippen molar-refractivity contribution in [2.24, 2.45) is 0 Å². The van der Waals surface area contributed by atoms with Gasteiger partial charge in [0.05, 0.1) is 6.10 Å². The van der Waals surface area contributed by atoms with Gasteiger partial charge in [0.15, 0.2) is 0 Å². The lowest BCUT2D eigenvalue weighted by atomic mass is 9.68. The van der Waals surface area contributed by atoms with Gasteiger partial charge in [0, 0.05) is 25.4 Å². The van der Waals surface area contributed by atoms with Crippen LogP contribution < -0.4 is 0 Å². The molecule has 17 heavy (non-hydrogen) atoms. The number of rotatable bonds is 1. The van der Waals surface area contributed by atoms with Crippen LogP contribution in [-0.2, 0) is 21.4 Å². The summed E-state index contributed by atoms with van der Waals surface area (Å²) in [6, 6.07) is 8.63. The van der Waals surface area contributed by atoms with Crippen molar-refractivity contribution >= 4 is 5.78 Å². The monoisotopic (exact) mass is 230 g/mol. The molecule has 2 aliphatic rings. The average Bonchev–Trinajstić information content (AvgIpc) is 2.68. The molecule has 90 valence electrons. The fourth-order valence-corrected chi connectivity index (χ4v) is 3.63. The van der Waals surface area contributed by atoms with Gasteiger partial charge in [0.1, 0.15) is 5.78 Å². The zero-order chi connectivity index (χ0) is 11.9. The van der Waals surface area contributed by atoms with E-state index in [4.69, 9.17) is 4.74 Å². The van der Waals surface area contributed by atoms with Gasteiger partial charge in [-0.15, -0.1) is 0 Å². The molecule has 1 unspecified atom stereocenters. The van der Waals surface area contributed by atoms with E-state index in [0.717, 1.165) is 19.3 Å². The molecule has 0 aliphatic heterocycles. The summed E-state index contributed by atoms with van der Waals surface area (Å²) >= 11 is 0. The van der Waals surface area contributed by atoms with E-state index in [9.17, 15) is 4.79 Å². The Morgan fingerprint density at radius 3 is 2.65 bits per heavy atom. The Morgan fingerprint density at radius 1 is 1.24 bits per heavy atom. The molecule has 1 atom stereocenters. The number of Topliss-reactive ketones (excluding diaryl/α,β-unsaturated/α-hetero) is 1. The van der Waals surface area contributed by atoms with Crippen LogP contribution in [0.5, 0.6) is 0 Å². The van der Waals surface area contributed by atoms with E-state index >= 15 is 0 Å². The fourth-order valence-electron chi connectivity index (χ4n) is 3.63. The van der Waals surface area contributed by atoms with Crippen molar-refractivity contribution in [3.63, 3.8) is 0 Å². The molecule has 2 nitrogen and oxygen atoms in total. The molecule has 1 aromatic carbocycles. The van der Waals surface area contributed by atoms with E-state index in [-0.39, 0.29) is 11.5 Å². The standard InChI is InChI=1S/C15H18O2/c1-17-14-10-11-4-2-3-5-13(11)15(14)8-6-12(16)7-9-15/h2-5,14H,6-10H2,1H3. The fraction of sp³-hybridized carbons (Fsp3) is 0.533. The molecular formula is C15H18O2. The molecule has 0 radical (unpaired) electrons. The predicted octanol–water partition coefficient (Wildman–Crippen LogP) is 2.64. The number of hydrogen-bond donors (Lipinski definition) is 0. The molecule has 0 bridgehead atoms. The first-order valence-corrected chi connectivity index (χ1v) is 6.39. The van der Waals surface area contributed by atoms with Crippen LogP contribution in [0.4, 0.5) is 0 Å². The van der Waals surface area contributed by atoms with Gasteiger partial charge in [-0.05, 0) is 30.4 Å². The van der Waals surface area contributed by atoms with Gasteiger partial charge in [-0.25, -0.2) is 0 Å². The highest BCUT2D eigenvalue weighted by Crippen LogP contribution is 2.49. The third-order valence-corrected chi connectivity index (χ3v) is 4.56. The maximum Gasteiger partial charge on any atom is 0.132 e. The number of benzene rings is 1. The molecule has 0 heterocycles. The van der Waals surface area contributed by atoms with Crippen molar-refractivity contribution in [1.29, 1.82) is 0 Å². The molecule has 1 saturated carbocycles. The highest BCUT2D eigenvalue weighted by molar-refractivity contribution is 5.80. The molecule has 0 N–H and O–H groups in total. The van der Waals surface area contributed by atoms with E-state index in [1.165, 1.54) is 11.1 Å². The number of ketones is 1. The first-order chi connectivity index (χ1) is 8.26. The second-order valence-electron chi connectivity index (χ2n) is 5.28. The minimum Gasteiger partial charge on any atom is -0.380 e. The van der Waals surface area contributed by atoms with Crippen molar-refractivity contribution in [3.05, 3.63) is 35.4 Å². The van der Waals surface area contributed by atoms with Crippen molar-refractivity contribution in [3.8, 4) is 0 Å². The van der Waals surface area contributed by atoms with Crippen LogP contribution in [0.15, 0.2) is 24.3 Å². The number of methoxy groups -OCH3 is 1. The summed E-state index contributed by atoms with van der Waals surface area (Å²) in [6.45, 7) is 0. The zero-order valence-electron chi connectivity index (χ0n) is 10.2. The summed E-state index contributed by atoms with van der Waals surface area (Å²) in [5.41, 5.74) is 2.95. The Bertz CT molecular complexity index is 440. The second kappa shape index (κ2) is 3.95. The molecule has 0 saturated heterocycles. The number of ether oxygens (including phenoxy) is 1. The minimum absolute atomic E-state index is 0.110. The maximum absolute atomic E-state index is 11.5. The molecule has 2 heteroatoms. The third kappa shape index (κ3) is 1.54. The van der Waals surface area contributed by atoms with Gasteiger partial charge in [-0.3, -0.25) is 4.79 Å². The Balaban J connectivity index is 2.03. The lowest BCUT2D eigenvalue weighted by Crippen LogP contribution is -2.40. The second-order valence-corrected chi connectivity index (χ2v) is 5.28. The Hall–Kier alpha value is -1.15. The van der Waals surface area contributed by atoms with Crippen LogP contribution in [0, 0.1) is 0 Å². The topological polar surface area (TPSA) is 26.3 Å². The summed E-state index contributed by atoms with van der Waals surface area (Å²) in [4.78, 5) is 11.5. The molecule has 1 spiro atoms. The van der Waals surface area contributed by atoms with Crippen LogP contribution in [0.2, 0.25) is 0 Å². The zero-order valence-corrected chi connectivity index (χ0v) is 10.2. The molecular weight excluding hydrogens is 212 g/mol. The van der Waals surface area contributed by atoms with Crippen LogP contribution in [0.1, 0.15) is 36.8 Å². The Kier molecular flexibility index (Phi) is 2.55. The number of hydrogen-bond acceptors (Lipinski definition) is 2. The maximum atomic E-state index is 11.5. The van der Waals surface area contributed by atoms with Gasteiger partial charge in [-0.1, -0.05) is 24.3 Å². The molecule has 0 aromatic heterocycles. The Morgan fingerprint density at radius 2 is 1.94 bits per heavy atom. The SMILES string of the molecule is COC1Cc2ccccc2C12CCC(=O)CC2. The highest BCUT2D eigenvalue weighted by atomic mass is 16.5. The number of fused-ring (bicyclic) bond motifs is 2. The lowest BCUT2D eigenvalue weighted by Gasteiger charge is -2.38. The van der Waals surface area contributed by atoms with Crippen LogP contribution in [0.25, 0.3) is 0 Å². The van der Waals surface area contributed by atoms with Gasteiger partial charge >= 0.3 is 0 Å². The van der Waals surface area contributed by atoms with Gasteiger partial charge in [0.2, 0.25) is 0 Å². The number of carbonyl (C=O) groups is 1. The third-order valence-electron chi connectivity index (χ3n) is 4.56.